The first-order valence-electron chi connectivity index (χ1n) is 6.33. The molecule has 0 radical (unpaired) electrons. The minimum absolute atomic E-state index is 0.00787. The Morgan fingerprint density at radius 1 is 1.10 bits per heavy atom. The molecule has 5 nitrogen and oxygen atoms in total. The molecule has 0 saturated carbocycles. The minimum atomic E-state index is -3.26. The summed E-state index contributed by atoms with van der Waals surface area (Å²) >= 11 is 0. The largest absolute Gasteiger partial charge is 0.508 e. The predicted octanol–water partition coefficient (Wildman–Crippen LogP) is 2.42. The maximum atomic E-state index is 11.6. The van der Waals surface area contributed by atoms with Crippen molar-refractivity contribution in [3.05, 3.63) is 47.5 Å². The van der Waals surface area contributed by atoms with Crippen LogP contribution in [0.1, 0.15) is 11.1 Å². The van der Waals surface area contributed by atoms with Crippen molar-refractivity contribution in [3.8, 4) is 11.5 Å². The molecule has 21 heavy (non-hydrogen) atoms. The number of phenols is 2. The van der Waals surface area contributed by atoms with Gasteiger partial charge >= 0.3 is 0 Å². The Hall–Kier alpha value is -2.21. The number of aromatic hydroxyl groups is 2. The van der Waals surface area contributed by atoms with Crippen LogP contribution in [0.25, 0.3) is 0 Å². The monoisotopic (exact) mass is 307 g/mol. The van der Waals surface area contributed by atoms with Crippen molar-refractivity contribution >= 4 is 15.5 Å². The first kappa shape index (κ1) is 15.2. The molecule has 0 unspecified atom stereocenters. The number of rotatable bonds is 4. The van der Waals surface area contributed by atoms with Crippen LogP contribution in [-0.2, 0) is 16.4 Å². The molecular weight excluding hydrogens is 290 g/mol. The molecule has 0 aliphatic heterocycles. The van der Waals surface area contributed by atoms with E-state index in [1.165, 1.54) is 12.1 Å². The van der Waals surface area contributed by atoms with E-state index in [1.54, 1.807) is 24.3 Å². The van der Waals surface area contributed by atoms with Gasteiger partial charge in [-0.1, -0.05) is 6.07 Å². The third-order valence-corrected chi connectivity index (χ3v) is 4.29. The van der Waals surface area contributed by atoms with E-state index < -0.39 is 9.84 Å². The second kappa shape index (κ2) is 5.65. The molecule has 6 heteroatoms. The van der Waals surface area contributed by atoms with Crippen LogP contribution < -0.4 is 5.32 Å². The highest BCUT2D eigenvalue weighted by Gasteiger charge is 2.10. The molecule has 0 atom stereocenters. The molecule has 0 heterocycles. The van der Waals surface area contributed by atoms with E-state index in [-0.39, 0.29) is 16.4 Å². The Balaban J connectivity index is 2.23. The smallest absolute Gasteiger partial charge is 0.175 e. The molecule has 0 amide bonds. The number of anilines is 1. The van der Waals surface area contributed by atoms with E-state index in [0.717, 1.165) is 11.8 Å². The van der Waals surface area contributed by atoms with Crippen LogP contribution in [0, 0.1) is 6.92 Å². The van der Waals surface area contributed by atoms with Crippen molar-refractivity contribution in [2.75, 3.05) is 11.6 Å². The lowest BCUT2D eigenvalue weighted by Crippen LogP contribution is -2.04. The summed E-state index contributed by atoms with van der Waals surface area (Å²) in [5, 5.41) is 22.1. The highest BCUT2D eigenvalue weighted by Crippen LogP contribution is 2.25. The van der Waals surface area contributed by atoms with Gasteiger partial charge in [0.2, 0.25) is 0 Å². The molecule has 0 fully saturated rings. The van der Waals surface area contributed by atoms with Gasteiger partial charge in [0.05, 0.1) is 4.90 Å². The van der Waals surface area contributed by atoms with Crippen molar-refractivity contribution in [3.63, 3.8) is 0 Å². The average molecular weight is 307 g/mol. The van der Waals surface area contributed by atoms with Gasteiger partial charge in [-0.05, 0) is 36.8 Å². The summed E-state index contributed by atoms with van der Waals surface area (Å²) in [7, 11) is -3.26. The van der Waals surface area contributed by atoms with E-state index in [0.29, 0.717) is 17.8 Å². The average Bonchev–Trinajstić information content (AvgIpc) is 2.38. The Labute approximate surface area is 123 Å². The van der Waals surface area contributed by atoms with E-state index >= 15 is 0 Å². The first-order valence-corrected chi connectivity index (χ1v) is 8.22. The first-order chi connectivity index (χ1) is 9.77. The summed E-state index contributed by atoms with van der Waals surface area (Å²) in [6.07, 6.45) is 1.16. The quantitative estimate of drug-likeness (QED) is 0.807. The van der Waals surface area contributed by atoms with Gasteiger partial charge in [0.25, 0.3) is 0 Å². The van der Waals surface area contributed by atoms with Crippen molar-refractivity contribution in [1.82, 2.24) is 0 Å². The highest BCUT2D eigenvalue weighted by atomic mass is 32.2. The van der Waals surface area contributed by atoms with Crippen LogP contribution in [0.3, 0.4) is 0 Å². The van der Waals surface area contributed by atoms with Gasteiger partial charge in [-0.15, -0.1) is 0 Å². The summed E-state index contributed by atoms with van der Waals surface area (Å²) in [6, 6.07) is 9.21. The second-order valence-corrected chi connectivity index (χ2v) is 6.93. The van der Waals surface area contributed by atoms with Crippen molar-refractivity contribution in [2.24, 2.45) is 0 Å². The van der Waals surface area contributed by atoms with Gasteiger partial charge < -0.3 is 15.5 Å². The van der Waals surface area contributed by atoms with Crippen LogP contribution in [0.5, 0.6) is 11.5 Å². The predicted molar refractivity (Wildman–Crippen MR) is 81.4 cm³/mol. The number of aryl methyl sites for hydroxylation is 1. The van der Waals surface area contributed by atoms with Crippen molar-refractivity contribution in [1.29, 1.82) is 0 Å². The molecule has 2 rings (SSSR count). The zero-order valence-electron chi connectivity index (χ0n) is 11.8. The molecule has 0 aliphatic carbocycles. The van der Waals surface area contributed by atoms with Gasteiger partial charge in [-0.3, -0.25) is 0 Å². The van der Waals surface area contributed by atoms with E-state index in [4.69, 9.17) is 0 Å². The third kappa shape index (κ3) is 3.66. The van der Waals surface area contributed by atoms with Gasteiger partial charge in [-0.2, -0.15) is 0 Å². The Morgan fingerprint density at radius 3 is 2.43 bits per heavy atom. The van der Waals surface area contributed by atoms with Gasteiger partial charge in [0.15, 0.2) is 9.84 Å². The van der Waals surface area contributed by atoms with Gasteiger partial charge in [0.1, 0.15) is 11.5 Å². The number of hydrogen-bond acceptors (Lipinski definition) is 5. The molecule has 2 aromatic carbocycles. The van der Waals surface area contributed by atoms with Crippen LogP contribution in [-0.4, -0.2) is 24.9 Å². The minimum Gasteiger partial charge on any atom is -0.508 e. The summed E-state index contributed by atoms with van der Waals surface area (Å²) in [5.74, 6) is -0.0223. The summed E-state index contributed by atoms with van der Waals surface area (Å²) < 4.78 is 23.1. The standard InChI is InChI=1S/C15H17NO4S/c1-10-3-6-13(21(2,19)20)8-14(10)16-9-11-4-5-12(17)7-15(11)18/h3-8,16-18H,9H2,1-2H3. The zero-order valence-corrected chi connectivity index (χ0v) is 12.6. The zero-order chi connectivity index (χ0) is 15.6. The van der Waals surface area contributed by atoms with Crippen LogP contribution in [0.4, 0.5) is 5.69 Å². The Morgan fingerprint density at radius 2 is 1.81 bits per heavy atom. The summed E-state index contributed by atoms with van der Waals surface area (Å²) in [6.45, 7) is 2.19. The van der Waals surface area contributed by atoms with Crippen molar-refractivity contribution < 1.29 is 18.6 Å². The molecule has 0 spiro atoms. The lowest BCUT2D eigenvalue weighted by molar-refractivity contribution is 0.446. The molecule has 0 saturated heterocycles. The highest BCUT2D eigenvalue weighted by molar-refractivity contribution is 7.90. The number of phenolic OH excluding ortho intramolecular Hbond substituents is 2. The maximum absolute atomic E-state index is 11.6. The second-order valence-electron chi connectivity index (χ2n) is 4.92. The lowest BCUT2D eigenvalue weighted by atomic mass is 10.1. The van der Waals surface area contributed by atoms with Gasteiger partial charge in [0, 0.05) is 30.1 Å². The molecule has 3 N–H and O–H groups in total. The lowest BCUT2D eigenvalue weighted by Gasteiger charge is -2.12. The normalized spacial score (nSPS) is 11.3. The molecule has 0 bridgehead atoms. The van der Waals surface area contributed by atoms with Crippen LogP contribution >= 0.6 is 0 Å². The van der Waals surface area contributed by atoms with Crippen LogP contribution in [0.15, 0.2) is 41.3 Å². The topological polar surface area (TPSA) is 86.6 Å². The third-order valence-electron chi connectivity index (χ3n) is 3.18. The number of nitrogens with one attached hydrogen (secondary N) is 1. The Bertz CT molecular complexity index is 769. The molecule has 112 valence electrons. The fourth-order valence-corrected chi connectivity index (χ4v) is 2.56. The fraction of sp³-hybridized carbons (Fsp3) is 0.200. The number of sulfone groups is 1. The van der Waals surface area contributed by atoms with Gasteiger partial charge in [-0.25, -0.2) is 8.42 Å². The van der Waals surface area contributed by atoms with Crippen molar-refractivity contribution in [2.45, 2.75) is 18.4 Å². The summed E-state index contributed by atoms with van der Waals surface area (Å²) in [5.41, 5.74) is 2.20. The SMILES string of the molecule is Cc1ccc(S(C)(=O)=O)cc1NCc1ccc(O)cc1O. The van der Waals surface area contributed by atoms with Crippen LogP contribution in [0.2, 0.25) is 0 Å². The van der Waals surface area contributed by atoms with E-state index in [9.17, 15) is 18.6 Å². The fourth-order valence-electron chi connectivity index (χ4n) is 1.91. The summed E-state index contributed by atoms with van der Waals surface area (Å²) in [4.78, 5) is 0.241. The molecule has 0 aromatic heterocycles. The number of hydrogen-bond donors (Lipinski definition) is 3. The van der Waals surface area contributed by atoms with E-state index in [1.807, 2.05) is 6.92 Å². The molecular formula is C15H17NO4S. The Kier molecular flexibility index (Phi) is 4.09. The molecule has 2 aromatic rings. The van der Waals surface area contributed by atoms with E-state index in [2.05, 4.69) is 5.32 Å². The maximum Gasteiger partial charge on any atom is 0.175 e. The molecule has 0 aliphatic rings. The number of benzene rings is 2.